The minimum absolute atomic E-state index is 0.0170. The van der Waals surface area contributed by atoms with Crippen molar-refractivity contribution in [3.05, 3.63) is 29.2 Å². The lowest BCUT2D eigenvalue weighted by Crippen LogP contribution is -2.46. The van der Waals surface area contributed by atoms with Gasteiger partial charge in [0.2, 0.25) is 11.8 Å². The first kappa shape index (κ1) is 14.7. The van der Waals surface area contributed by atoms with Crippen molar-refractivity contribution in [1.82, 2.24) is 25.3 Å². The summed E-state index contributed by atoms with van der Waals surface area (Å²) in [5.41, 5.74) is 1.35. The van der Waals surface area contributed by atoms with Gasteiger partial charge in [0.1, 0.15) is 5.69 Å². The second kappa shape index (κ2) is 5.90. The summed E-state index contributed by atoms with van der Waals surface area (Å²) in [6, 6.07) is 1.80. The predicted octanol–water partition coefficient (Wildman–Crippen LogP) is 2.07. The molecule has 1 saturated heterocycles. The van der Waals surface area contributed by atoms with Gasteiger partial charge in [-0.2, -0.15) is 5.10 Å². The zero-order chi connectivity index (χ0) is 15.7. The van der Waals surface area contributed by atoms with E-state index in [1.54, 1.807) is 6.07 Å². The van der Waals surface area contributed by atoms with Gasteiger partial charge in [0.15, 0.2) is 0 Å². The zero-order valence-corrected chi connectivity index (χ0v) is 13.2. The highest BCUT2D eigenvalue weighted by Crippen LogP contribution is 2.32. The lowest BCUT2D eigenvalue weighted by Gasteiger charge is -2.37. The molecule has 7 heteroatoms. The van der Waals surface area contributed by atoms with Crippen molar-refractivity contribution < 1.29 is 9.21 Å². The van der Waals surface area contributed by atoms with Crippen LogP contribution >= 0.6 is 0 Å². The van der Waals surface area contributed by atoms with Gasteiger partial charge in [-0.05, 0) is 32.8 Å². The van der Waals surface area contributed by atoms with Crippen molar-refractivity contribution in [3.63, 3.8) is 0 Å². The van der Waals surface area contributed by atoms with Crippen molar-refractivity contribution in [3.8, 4) is 0 Å². The van der Waals surface area contributed by atoms with Crippen LogP contribution in [-0.4, -0.2) is 43.8 Å². The number of rotatable bonds is 3. The zero-order valence-electron chi connectivity index (χ0n) is 13.2. The SMILES string of the molecule is CCc1nnc([C@H]2CCCN(C(=O)c3cc(C)[nH]n3)[C@H]2C)o1. The maximum atomic E-state index is 12.6. The van der Waals surface area contributed by atoms with Crippen LogP contribution in [0.5, 0.6) is 0 Å². The molecule has 0 bridgehead atoms. The van der Waals surface area contributed by atoms with Crippen LogP contribution in [0.1, 0.15) is 60.6 Å². The molecule has 0 saturated carbocycles. The first-order valence-electron chi connectivity index (χ1n) is 7.75. The number of piperidine rings is 1. The van der Waals surface area contributed by atoms with Gasteiger partial charge >= 0.3 is 0 Å². The van der Waals surface area contributed by atoms with E-state index in [9.17, 15) is 4.79 Å². The summed E-state index contributed by atoms with van der Waals surface area (Å²) in [4.78, 5) is 14.5. The van der Waals surface area contributed by atoms with Gasteiger partial charge in [-0.1, -0.05) is 6.92 Å². The minimum atomic E-state index is -0.0446. The van der Waals surface area contributed by atoms with Gasteiger partial charge in [0.05, 0.1) is 5.92 Å². The first-order chi connectivity index (χ1) is 10.6. The molecular formula is C15H21N5O2. The Balaban J connectivity index is 1.80. The Labute approximate surface area is 129 Å². The number of carbonyl (C=O) groups excluding carboxylic acids is 1. The average Bonchev–Trinajstić information content (AvgIpc) is 3.15. The number of aromatic nitrogens is 4. The molecule has 2 aromatic rings. The molecule has 118 valence electrons. The molecule has 7 nitrogen and oxygen atoms in total. The molecule has 3 heterocycles. The molecule has 0 unspecified atom stereocenters. The van der Waals surface area contributed by atoms with E-state index in [0.29, 0.717) is 17.5 Å². The number of hydrogen-bond acceptors (Lipinski definition) is 5. The molecule has 22 heavy (non-hydrogen) atoms. The monoisotopic (exact) mass is 303 g/mol. The molecule has 1 aliphatic heterocycles. The number of likely N-dealkylation sites (tertiary alicyclic amines) is 1. The smallest absolute Gasteiger partial charge is 0.274 e. The van der Waals surface area contributed by atoms with E-state index in [2.05, 4.69) is 20.4 Å². The second-order valence-electron chi connectivity index (χ2n) is 5.81. The van der Waals surface area contributed by atoms with Crippen LogP contribution in [0.3, 0.4) is 0 Å². The lowest BCUT2D eigenvalue weighted by atomic mass is 9.90. The fourth-order valence-electron chi connectivity index (χ4n) is 2.99. The van der Waals surface area contributed by atoms with Crippen LogP contribution in [0.4, 0.5) is 0 Å². The third-order valence-electron chi connectivity index (χ3n) is 4.28. The molecule has 1 fully saturated rings. The number of nitrogens with zero attached hydrogens (tertiary/aromatic N) is 4. The van der Waals surface area contributed by atoms with E-state index in [1.807, 2.05) is 25.7 Å². The maximum absolute atomic E-state index is 12.6. The van der Waals surface area contributed by atoms with Crippen molar-refractivity contribution in [2.75, 3.05) is 6.54 Å². The number of carbonyl (C=O) groups is 1. The van der Waals surface area contributed by atoms with Crippen LogP contribution in [0.2, 0.25) is 0 Å². The predicted molar refractivity (Wildman–Crippen MR) is 79.5 cm³/mol. The fraction of sp³-hybridized carbons (Fsp3) is 0.600. The van der Waals surface area contributed by atoms with E-state index in [1.165, 1.54) is 0 Å². The highest BCUT2D eigenvalue weighted by molar-refractivity contribution is 5.92. The summed E-state index contributed by atoms with van der Waals surface area (Å²) in [6.07, 6.45) is 2.60. The molecule has 0 radical (unpaired) electrons. The third-order valence-corrected chi connectivity index (χ3v) is 4.28. The third kappa shape index (κ3) is 2.63. The standard InChI is InChI=1S/C15H21N5O2/c1-4-13-18-19-14(22-13)11-6-5-7-20(10(11)3)15(21)12-8-9(2)16-17-12/h8,10-11H,4-7H2,1-3H3,(H,16,17)/t10-,11-/m0/s1. The van der Waals surface area contributed by atoms with Crippen molar-refractivity contribution in [2.45, 2.75) is 52.0 Å². The molecule has 0 spiro atoms. The largest absolute Gasteiger partial charge is 0.425 e. The van der Waals surface area contributed by atoms with Crippen molar-refractivity contribution >= 4 is 5.91 Å². The highest BCUT2D eigenvalue weighted by Gasteiger charge is 2.36. The van der Waals surface area contributed by atoms with Gasteiger partial charge in [-0.15, -0.1) is 10.2 Å². The van der Waals surface area contributed by atoms with E-state index < -0.39 is 0 Å². The number of aromatic amines is 1. The molecular weight excluding hydrogens is 282 g/mol. The first-order valence-corrected chi connectivity index (χ1v) is 7.75. The van der Waals surface area contributed by atoms with Crippen LogP contribution < -0.4 is 0 Å². The quantitative estimate of drug-likeness (QED) is 0.937. The molecule has 0 aliphatic carbocycles. The number of aryl methyl sites for hydroxylation is 2. The number of nitrogens with one attached hydrogen (secondary N) is 1. The Morgan fingerprint density at radius 3 is 2.95 bits per heavy atom. The molecule has 1 aliphatic rings. The van der Waals surface area contributed by atoms with Crippen molar-refractivity contribution in [1.29, 1.82) is 0 Å². The second-order valence-corrected chi connectivity index (χ2v) is 5.81. The maximum Gasteiger partial charge on any atom is 0.274 e. The fourth-order valence-corrected chi connectivity index (χ4v) is 2.99. The van der Waals surface area contributed by atoms with Gasteiger partial charge < -0.3 is 9.32 Å². The summed E-state index contributed by atoms with van der Waals surface area (Å²) in [5, 5.41) is 15.1. The summed E-state index contributed by atoms with van der Waals surface area (Å²) in [7, 11) is 0. The summed E-state index contributed by atoms with van der Waals surface area (Å²) in [5.74, 6) is 1.33. The van der Waals surface area contributed by atoms with E-state index in [0.717, 1.165) is 31.5 Å². The van der Waals surface area contributed by atoms with Gasteiger partial charge in [0.25, 0.3) is 5.91 Å². The molecule has 0 aromatic carbocycles. The summed E-state index contributed by atoms with van der Waals surface area (Å²) >= 11 is 0. The Morgan fingerprint density at radius 1 is 1.50 bits per heavy atom. The Bertz CT molecular complexity index is 662. The van der Waals surface area contributed by atoms with Crippen molar-refractivity contribution in [2.24, 2.45) is 0 Å². The Morgan fingerprint density at radius 2 is 2.32 bits per heavy atom. The van der Waals surface area contributed by atoms with Crippen LogP contribution in [-0.2, 0) is 6.42 Å². The molecule has 2 aromatic heterocycles. The summed E-state index contributed by atoms with van der Waals surface area (Å²) in [6.45, 7) is 6.64. The van der Waals surface area contributed by atoms with Gasteiger partial charge in [-0.25, -0.2) is 0 Å². The van der Waals surface area contributed by atoms with Gasteiger partial charge in [0, 0.05) is 24.7 Å². The van der Waals surface area contributed by atoms with E-state index in [4.69, 9.17) is 4.42 Å². The minimum Gasteiger partial charge on any atom is -0.425 e. The highest BCUT2D eigenvalue weighted by atomic mass is 16.4. The molecule has 3 rings (SSSR count). The van der Waals surface area contributed by atoms with Crippen LogP contribution in [0.15, 0.2) is 10.5 Å². The average molecular weight is 303 g/mol. The Hall–Kier alpha value is -2.18. The molecule has 2 atom stereocenters. The molecule has 1 amide bonds. The number of hydrogen-bond donors (Lipinski definition) is 1. The lowest BCUT2D eigenvalue weighted by molar-refractivity contribution is 0.0576. The molecule has 1 N–H and O–H groups in total. The van der Waals surface area contributed by atoms with E-state index in [-0.39, 0.29) is 17.9 Å². The van der Waals surface area contributed by atoms with Crippen LogP contribution in [0.25, 0.3) is 0 Å². The number of amides is 1. The Kier molecular flexibility index (Phi) is 3.96. The normalized spacial score (nSPS) is 22.0. The van der Waals surface area contributed by atoms with E-state index >= 15 is 0 Å². The topological polar surface area (TPSA) is 87.9 Å². The number of H-pyrrole nitrogens is 1. The van der Waals surface area contributed by atoms with Crippen LogP contribution in [0, 0.1) is 6.92 Å². The summed E-state index contributed by atoms with van der Waals surface area (Å²) < 4.78 is 5.70. The van der Waals surface area contributed by atoms with Gasteiger partial charge in [-0.3, -0.25) is 9.89 Å².